The van der Waals surface area contributed by atoms with Crippen LogP contribution in [-0.4, -0.2) is 61.9 Å². The number of carbonyl (C=O) groups excluding carboxylic acids is 1. The molecule has 2 rings (SSSR count). The van der Waals surface area contributed by atoms with Crippen molar-refractivity contribution in [2.75, 3.05) is 32.8 Å². The fourth-order valence-electron chi connectivity index (χ4n) is 3.12. The SMILES string of the molecule is CCCC(NCC1CN2CCCC2CO1)C(=O)OCC. The number of hydrogen-bond donors (Lipinski definition) is 1. The predicted molar refractivity (Wildman–Crippen MR) is 77.7 cm³/mol. The van der Waals surface area contributed by atoms with Crippen LogP contribution in [0, 0.1) is 0 Å². The highest BCUT2D eigenvalue weighted by Gasteiger charge is 2.32. The van der Waals surface area contributed by atoms with Gasteiger partial charge in [0.25, 0.3) is 0 Å². The van der Waals surface area contributed by atoms with Gasteiger partial charge in [-0.2, -0.15) is 0 Å². The van der Waals surface area contributed by atoms with Crippen molar-refractivity contribution < 1.29 is 14.3 Å². The van der Waals surface area contributed by atoms with Crippen LogP contribution in [0.1, 0.15) is 39.5 Å². The summed E-state index contributed by atoms with van der Waals surface area (Å²) in [5, 5.41) is 3.33. The smallest absolute Gasteiger partial charge is 0.323 e. The molecule has 0 radical (unpaired) electrons. The lowest BCUT2D eigenvalue weighted by atomic mass is 10.1. The van der Waals surface area contributed by atoms with Crippen LogP contribution < -0.4 is 5.32 Å². The molecule has 2 aliphatic rings. The molecular weight excluding hydrogens is 256 g/mol. The van der Waals surface area contributed by atoms with Crippen molar-refractivity contribution in [3.05, 3.63) is 0 Å². The number of carbonyl (C=O) groups is 1. The van der Waals surface area contributed by atoms with E-state index in [4.69, 9.17) is 9.47 Å². The van der Waals surface area contributed by atoms with Gasteiger partial charge in [-0.1, -0.05) is 13.3 Å². The Hall–Kier alpha value is -0.650. The molecule has 0 aromatic rings. The first-order valence-electron chi connectivity index (χ1n) is 8.00. The Morgan fingerprint density at radius 3 is 3.10 bits per heavy atom. The van der Waals surface area contributed by atoms with Crippen molar-refractivity contribution >= 4 is 5.97 Å². The number of fused-ring (bicyclic) bond motifs is 1. The number of rotatable bonds is 7. The second-order valence-corrected chi connectivity index (χ2v) is 5.75. The molecule has 0 amide bonds. The quantitative estimate of drug-likeness (QED) is 0.711. The maximum Gasteiger partial charge on any atom is 0.323 e. The number of nitrogens with zero attached hydrogens (tertiary/aromatic N) is 1. The van der Waals surface area contributed by atoms with Gasteiger partial charge in [0.2, 0.25) is 0 Å². The van der Waals surface area contributed by atoms with Crippen molar-refractivity contribution in [3.63, 3.8) is 0 Å². The minimum Gasteiger partial charge on any atom is -0.465 e. The van der Waals surface area contributed by atoms with Gasteiger partial charge < -0.3 is 14.8 Å². The molecule has 1 N–H and O–H groups in total. The third-order valence-electron chi connectivity index (χ3n) is 4.20. The van der Waals surface area contributed by atoms with Crippen LogP contribution in [0.5, 0.6) is 0 Å². The van der Waals surface area contributed by atoms with E-state index in [1.165, 1.54) is 19.4 Å². The van der Waals surface area contributed by atoms with Gasteiger partial charge in [-0.15, -0.1) is 0 Å². The third kappa shape index (κ3) is 4.17. The number of hydrogen-bond acceptors (Lipinski definition) is 5. The van der Waals surface area contributed by atoms with Crippen molar-refractivity contribution in [1.29, 1.82) is 0 Å². The molecule has 2 heterocycles. The van der Waals surface area contributed by atoms with E-state index in [9.17, 15) is 4.79 Å². The molecule has 0 aliphatic carbocycles. The summed E-state index contributed by atoms with van der Waals surface area (Å²) in [4.78, 5) is 14.4. The minimum atomic E-state index is -0.195. The van der Waals surface area contributed by atoms with Crippen LogP contribution >= 0.6 is 0 Å². The van der Waals surface area contributed by atoms with Gasteiger partial charge in [-0.25, -0.2) is 0 Å². The zero-order chi connectivity index (χ0) is 14.4. The Balaban J connectivity index is 1.75. The topological polar surface area (TPSA) is 50.8 Å². The third-order valence-corrected chi connectivity index (χ3v) is 4.20. The summed E-state index contributed by atoms with van der Waals surface area (Å²) >= 11 is 0. The predicted octanol–water partition coefficient (Wildman–Crippen LogP) is 1.17. The maximum atomic E-state index is 11.9. The van der Waals surface area contributed by atoms with Gasteiger partial charge in [0.05, 0.1) is 19.3 Å². The van der Waals surface area contributed by atoms with E-state index in [1.54, 1.807) is 0 Å². The summed E-state index contributed by atoms with van der Waals surface area (Å²) in [5.41, 5.74) is 0. The highest BCUT2D eigenvalue weighted by atomic mass is 16.5. The van der Waals surface area contributed by atoms with Gasteiger partial charge in [0, 0.05) is 19.1 Å². The lowest BCUT2D eigenvalue weighted by Crippen LogP contribution is -2.51. The summed E-state index contributed by atoms with van der Waals surface area (Å²) < 4.78 is 11.0. The molecule has 3 unspecified atom stereocenters. The molecule has 3 atom stereocenters. The molecule has 0 aromatic heterocycles. The van der Waals surface area contributed by atoms with Gasteiger partial charge in [-0.3, -0.25) is 9.69 Å². The molecule has 5 nitrogen and oxygen atoms in total. The van der Waals surface area contributed by atoms with Crippen LogP contribution in [0.4, 0.5) is 0 Å². The first kappa shape index (κ1) is 15.7. The second kappa shape index (κ2) is 7.96. The molecule has 0 saturated carbocycles. The number of ether oxygens (including phenoxy) is 2. The molecule has 5 heteroatoms. The van der Waals surface area contributed by atoms with Crippen LogP contribution in [0.15, 0.2) is 0 Å². The van der Waals surface area contributed by atoms with Crippen LogP contribution in [0.25, 0.3) is 0 Å². The van der Waals surface area contributed by atoms with Crippen molar-refractivity contribution in [2.24, 2.45) is 0 Å². The molecule has 20 heavy (non-hydrogen) atoms. The summed E-state index contributed by atoms with van der Waals surface area (Å²) in [5.74, 6) is -0.135. The molecule has 0 aromatic carbocycles. The molecule has 2 aliphatic heterocycles. The monoisotopic (exact) mass is 284 g/mol. The van der Waals surface area contributed by atoms with Crippen LogP contribution in [0.2, 0.25) is 0 Å². The summed E-state index contributed by atoms with van der Waals surface area (Å²) in [6.07, 6.45) is 4.53. The Morgan fingerprint density at radius 1 is 1.50 bits per heavy atom. The second-order valence-electron chi connectivity index (χ2n) is 5.75. The molecule has 0 bridgehead atoms. The minimum absolute atomic E-state index is 0.135. The van der Waals surface area contributed by atoms with Crippen molar-refractivity contribution in [1.82, 2.24) is 10.2 Å². The maximum absolute atomic E-state index is 11.9. The zero-order valence-corrected chi connectivity index (χ0v) is 12.8. The first-order valence-corrected chi connectivity index (χ1v) is 8.00. The normalized spacial score (nSPS) is 28.1. The van der Waals surface area contributed by atoms with E-state index in [0.29, 0.717) is 12.6 Å². The lowest BCUT2D eigenvalue weighted by molar-refractivity contribution is -0.146. The van der Waals surface area contributed by atoms with E-state index in [-0.39, 0.29) is 18.1 Å². The molecule has 0 spiro atoms. The largest absolute Gasteiger partial charge is 0.465 e. The average Bonchev–Trinajstić information content (AvgIpc) is 2.91. The number of nitrogens with one attached hydrogen (secondary N) is 1. The molecular formula is C15H28N2O3. The highest BCUT2D eigenvalue weighted by molar-refractivity contribution is 5.75. The van der Waals surface area contributed by atoms with Crippen LogP contribution in [0.3, 0.4) is 0 Å². The van der Waals surface area contributed by atoms with Crippen molar-refractivity contribution in [2.45, 2.75) is 57.7 Å². The highest BCUT2D eigenvalue weighted by Crippen LogP contribution is 2.22. The lowest BCUT2D eigenvalue weighted by Gasteiger charge is -2.35. The summed E-state index contributed by atoms with van der Waals surface area (Å²) in [6.45, 7) is 8.12. The fraction of sp³-hybridized carbons (Fsp3) is 0.933. The first-order chi connectivity index (χ1) is 9.74. The molecule has 2 saturated heterocycles. The van der Waals surface area contributed by atoms with E-state index in [2.05, 4.69) is 17.1 Å². The Morgan fingerprint density at radius 2 is 2.35 bits per heavy atom. The fourth-order valence-corrected chi connectivity index (χ4v) is 3.12. The van der Waals surface area contributed by atoms with Gasteiger partial charge in [0.1, 0.15) is 6.04 Å². The average molecular weight is 284 g/mol. The zero-order valence-electron chi connectivity index (χ0n) is 12.8. The molecule has 116 valence electrons. The van der Waals surface area contributed by atoms with E-state index >= 15 is 0 Å². The summed E-state index contributed by atoms with van der Waals surface area (Å²) in [6, 6.07) is 0.433. The van der Waals surface area contributed by atoms with E-state index in [1.807, 2.05) is 6.92 Å². The Bertz CT molecular complexity index is 311. The number of morpholine rings is 1. The van der Waals surface area contributed by atoms with E-state index in [0.717, 1.165) is 32.5 Å². The van der Waals surface area contributed by atoms with Crippen LogP contribution in [-0.2, 0) is 14.3 Å². The summed E-state index contributed by atoms with van der Waals surface area (Å²) in [7, 11) is 0. The van der Waals surface area contributed by atoms with Crippen molar-refractivity contribution in [3.8, 4) is 0 Å². The number of esters is 1. The van der Waals surface area contributed by atoms with E-state index < -0.39 is 0 Å². The Labute approximate surface area is 122 Å². The van der Waals surface area contributed by atoms with Gasteiger partial charge in [-0.05, 0) is 32.7 Å². The standard InChI is InChI=1S/C15H28N2O3/c1-3-6-14(15(18)19-4-2)16-9-13-10-17-8-5-7-12(17)11-20-13/h12-14,16H,3-11H2,1-2H3. The van der Waals surface area contributed by atoms with Gasteiger partial charge >= 0.3 is 5.97 Å². The Kier molecular flexibility index (Phi) is 6.26. The van der Waals surface area contributed by atoms with Gasteiger partial charge in [0.15, 0.2) is 0 Å². The molecule has 2 fully saturated rings.